The number of aromatic carboxylic acids is 1. The van der Waals surface area contributed by atoms with Crippen molar-refractivity contribution in [3.63, 3.8) is 0 Å². The highest BCUT2D eigenvalue weighted by atomic mass is 32.2. The summed E-state index contributed by atoms with van der Waals surface area (Å²) in [6.07, 6.45) is 3.50. The summed E-state index contributed by atoms with van der Waals surface area (Å²) in [7, 11) is -3.37. The van der Waals surface area contributed by atoms with E-state index in [9.17, 15) is 13.2 Å². The molecule has 0 aliphatic rings. The minimum Gasteiger partial charge on any atom is -0.478 e. The molecular formula is C13H16O4S. The second kappa shape index (κ2) is 5.35. The summed E-state index contributed by atoms with van der Waals surface area (Å²) in [5.74, 6) is -1.04. The van der Waals surface area contributed by atoms with Crippen LogP contribution in [0.2, 0.25) is 0 Å². The van der Waals surface area contributed by atoms with Crippen molar-refractivity contribution in [2.45, 2.75) is 24.7 Å². The van der Waals surface area contributed by atoms with Gasteiger partial charge in [0, 0.05) is 6.26 Å². The molecular weight excluding hydrogens is 252 g/mol. The molecule has 0 radical (unpaired) electrons. The van der Waals surface area contributed by atoms with Crippen LogP contribution in [0, 0.1) is 0 Å². The van der Waals surface area contributed by atoms with E-state index in [1.54, 1.807) is 13.0 Å². The van der Waals surface area contributed by atoms with Gasteiger partial charge in [-0.05, 0) is 36.1 Å². The number of carboxylic acids is 1. The third-order valence-corrected chi connectivity index (χ3v) is 3.90. The van der Waals surface area contributed by atoms with Gasteiger partial charge >= 0.3 is 5.97 Å². The lowest BCUT2D eigenvalue weighted by atomic mass is 9.96. The van der Waals surface area contributed by atoms with Gasteiger partial charge in [0.05, 0.1) is 10.5 Å². The standard InChI is InChI=1S/C13H16O4S/c1-4-6-10-9(5-2)11(13(14)15)7-8-12(10)18(3,16)17/h4,7-8H,1,5-6H2,2-3H3,(H,14,15). The maximum Gasteiger partial charge on any atom is 0.335 e. The SMILES string of the molecule is C=CCc1c(S(C)(=O)=O)ccc(C(=O)O)c1CC. The van der Waals surface area contributed by atoms with Crippen LogP contribution in [0.15, 0.2) is 29.7 Å². The molecule has 0 fully saturated rings. The second-order valence-corrected chi connectivity index (χ2v) is 5.98. The Morgan fingerprint density at radius 1 is 1.39 bits per heavy atom. The van der Waals surface area contributed by atoms with Crippen LogP contribution in [0.1, 0.15) is 28.4 Å². The van der Waals surface area contributed by atoms with Gasteiger partial charge in [-0.1, -0.05) is 13.0 Å². The smallest absolute Gasteiger partial charge is 0.335 e. The zero-order valence-corrected chi connectivity index (χ0v) is 11.3. The Labute approximate surface area is 107 Å². The fourth-order valence-corrected chi connectivity index (χ4v) is 2.96. The highest BCUT2D eigenvalue weighted by Crippen LogP contribution is 2.25. The van der Waals surface area contributed by atoms with Gasteiger partial charge in [-0.3, -0.25) is 0 Å². The van der Waals surface area contributed by atoms with Crippen LogP contribution < -0.4 is 0 Å². The molecule has 0 aromatic heterocycles. The van der Waals surface area contributed by atoms with E-state index >= 15 is 0 Å². The lowest BCUT2D eigenvalue weighted by Gasteiger charge is -2.14. The predicted molar refractivity (Wildman–Crippen MR) is 69.8 cm³/mol. The molecule has 0 bridgehead atoms. The molecule has 4 nitrogen and oxygen atoms in total. The fourth-order valence-electron chi connectivity index (χ4n) is 1.99. The first-order chi connectivity index (χ1) is 8.32. The zero-order chi connectivity index (χ0) is 13.9. The van der Waals surface area contributed by atoms with E-state index in [0.717, 1.165) is 6.26 Å². The quantitative estimate of drug-likeness (QED) is 0.830. The van der Waals surface area contributed by atoms with E-state index in [-0.39, 0.29) is 10.5 Å². The molecule has 18 heavy (non-hydrogen) atoms. The van der Waals surface area contributed by atoms with Gasteiger partial charge < -0.3 is 5.11 Å². The minimum absolute atomic E-state index is 0.154. The molecule has 5 heteroatoms. The van der Waals surface area contributed by atoms with Gasteiger partial charge in [-0.2, -0.15) is 0 Å². The third kappa shape index (κ3) is 2.79. The van der Waals surface area contributed by atoms with Crippen LogP contribution in [0.25, 0.3) is 0 Å². The van der Waals surface area contributed by atoms with E-state index in [1.807, 2.05) is 0 Å². The van der Waals surface area contributed by atoms with Crippen molar-refractivity contribution in [1.29, 1.82) is 0 Å². The molecule has 98 valence electrons. The number of rotatable bonds is 5. The molecule has 0 unspecified atom stereocenters. The molecule has 0 saturated heterocycles. The molecule has 1 aromatic carbocycles. The van der Waals surface area contributed by atoms with Crippen LogP contribution >= 0.6 is 0 Å². The van der Waals surface area contributed by atoms with Crippen LogP contribution in [0.3, 0.4) is 0 Å². The lowest BCUT2D eigenvalue weighted by Crippen LogP contribution is -2.10. The Morgan fingerprint density at radius 3 is 2.39 bits per heavy atom. The summed E-state index contributed by atoms with van der Waals surface area (Å²) in [6.45, 7) is 5.39. The van der Waals surface area contributed by atoms with Gasteiger partial charge in [0.2, 0.25) is 0 Å². The van der Waals surface area contributed by atoms with Crippen molar-refractivity contribution >= 4 is 15.8 Å². The zero-order valence-electron chi connectivity index (χ0n) is 10.4. The van der Waals surface area contributed by atoms with Crippen molar-refractivity contribution in [1.82, 2.24) is 0 Å². The highest BCUT2D eigenvalue weighted by molar-refractivity contribution is 7.90. The number of hydrogen-bond acceptors (Lipinski definition) is 3. The first-order valence-corrected chi connectivity index (χ1v) is 7.41. The van der Waals surface area contributed by atoms with E-state index in [2.05, 4.69) is 6.58 Å². The van der Waals surface area contributed by atoms with E-state index in [0.29, 0.717) is 24.0 Å². The summed E-state index contributed by atoms with van der Waals surface area (Å²) < 4.78 is 23.4. The third-order valence-electron chi connectivity index (χ3n) is 2.72. The first kappa shape index (κ1) is 14.4. The number of benzene rings is 1. The van der Waals surface area contributed by atoms with Gasteiger partial charge in [0.25, 0.3) is 0 Å². The van der Waals surface area contributed by atoms with Crippen LogP contribution in [0.5, 0.6) is 0 Å². The van der Waals surface area contributed by atoms with Crippen molar-refractivity contribution in [2.24, 2.45) is 0 Å². The Bertz CT molecular complexity index is 585. The largest absolute Gasteiger partial charge is 0.478 e. The Kier molecular flexibility index (Phi) is 4.29. The molecule has 0 heterocycles. The van der Waals surface area contributed by atoms with Crippen molar-refractivity contribution < 1.29 is 18.3 Å². The molecule has 0 aliphatic carbocycles. The number of sulfone groups is 1. The topological polar surface area (TPSA) is 71.4 Å². The minimum atomic E-state index is -3.37. The van der Waals surface area contributed by atoms with Crippen molar-refractivity contribution in [3.8, 4) is 0 Å². The maximum absolute atomic E-state index is 11.7. The summed E-state index contributed by atoms with van der Waals surface area (Å²) in [6, 6.07) is 2.71. The summed E-state index contributed by atoms with van der Waals surface area (Å²) in [5, 5.41) is 9.11. The molecule has 1 N–H and O–H groups in total. The fraction of sp³-hybridized carbons (Fsp3) is 0.308. The molecule has 0 saturated carbocycles. The molecule has 0 amide bonds. The Morgan fingerprint density at radius 2 is 2.00 bits per heavy atom. The normalized spacial score (nSPS) is 11.2. The number of hydrogen-bond donors (Lipinski definition) is 1. The number of carboxylic acid groups (broad SMARTS) is 1. The molecule has 0 spiro atoms. The van der Waals surface area contributed by atoms with Gasteiger partial charge in [-0.15, -0.1) is 6.58 Å². The summed E-state index contributed by atoms with van der Waals surface area (Å²) in [5.41, 5.74) is 1.25. The van der Waals surface area contributed by atoms with Gasteiger partial charge in [0.1, 0.15) is 0 Å². The summed E-state index contributed by atoms with van der Waals surface area (Å²) in [4.78, 5) is 11.3. The van der Waals surface area contributed by atoms with Crippen molar-refractivity contribution in [3.05, 3.63) is 41.5 Å². The Balaban J connectivity index is 3.68. The van der Waals surface area contributed by atoms with Crippen molar-refractivity contribution in [2.75, 3.05) is 6.26 Å². The van der Waals surface area contributed by atoms with Crippen LogP contribution in [-0.4, -0.2) is 25.7 Å². The maximum atomic E-state index is 11.7. The lowest BCUT2D eigenvalue weighted by molar-refractivity contribution is 0.0695. The number of allylic oxidation sites excluding steroid dienone is 1. The average Bonchev–Trinajstić information content (AvgIpc) is 2.27. The Hall–Kier alpha value is -1.62. The monoisotopic (exact) mass is 268 g/mol. The van der Waals surface area contributed by atoms with E-state index in [4.69, 9.17) is 5.11 Å². The first-order valence-electron chi connectivity index (χ1n) is 5.51. The van der Waals surface area contributed by atoms with E-state index in [1.165, 1.54) is 12.1 Å². The molecule has 1 rings (SSSR count). The van der Waals surface area contributed by atoms with Crippen LogP contribution in [-0.2, 0) is 22.7 Å². The van der Waals surface area contributed by atoms with Crippen LogP contribution in [0.4, 0.5) is 0 Å². The second-order valence-electron chi connectivity index (χ2n) is 3.99. The average molecular weight is 268 g/mol. The summed E-state index contributed by atoms with van der Waals surface area (Å²) >= 11 is 0. The predicted octanol–water partition coefficient (Wildman–Crippen LogP) is 2.08. The number of carbonyl (C=O) groups is 1. The molecule has 0 atom stereocenters. The van der Waals surface area contributed by atoms with Gasteiger partial charge in [-0.25, -0.2) is 13.2 Å². The van der Waals surface area contributed by atoms with E-state index < -0.39 is 15.8 Å². The highest BCUT2D eigenvalue weighted by Gasteiger charge is 2.20. The molecule has 0 aliphatic heterocycles. The molecule has 1 aromatic rings. The van der Waals surface area contributed by atoms with Gasteiger partial charge in [0.15, 0.2) is 9.84 Å².